The topological polar surface area (TPSA) is 39.1 Å². The lowest BCUT2D eigenvalue weighted by atomic mass is 9.93. The summed E-state index contributed by atoms with van der Waals surface area (Å²) >= 11 is 0. The maximum atomic E-state index is 9.81. The second kappa shape index (κ2) is 5.07. The molecule has 19 heavy (non-hydrogen) atoms. The van der Waals surface area contributed by atoms with Gasteiger partial charge in [-0.1, -0.05) is 13.8 Å². The van der Waals surface area contributed by atoms with E-state index in [0.717, 1.165) is 19.1 Å². The van der Waals surface area contributed by atoms with Crippen LogP contribution < -0.4 is 5.32 Å². The van der Waals surface area contributed by atoms with Crippen LogP contribution in [0.4, 0.5) is 0 Å². The number of nitrogens with one attached hydrogen (secondary N) is 1. The summed E-state index contributed by atoms with van der Waals surface area (Å²) in [5, 5.41) is 13.5. The smallest absolute Gasteiger partial charge is 0.122 e. The third-order valence-electron chi connectivity index (χ3n) is 4.63. The molecule has 3 aliphatic carbocycles. The zero-order chi connectivity index (χ0) is 13.5. The average Bonchev–Trinajstić information content (AvgIpc) is 3.23. The molecule has 0 saturated heterocycles. The molecule has 0 spiro atoms. The second-order valence-electron chi connectivity index (χ2n) is 7.33. The van der Waals surface area contributed by atoms with E-state index in [2.05, 4.69) is 30.1 Å². The molecule has 1 unspecified atom stereocenters. The van der Waals surface area contributed by atoms with Gasteiger partial charge in [-0.25, -0.2) is 0 Å². The lowest BCUT2D eigenvalue weighted by molar-refractivity contribution is 0.170. The average molecular weight is 261 g/mol. The van der Waals surface area contributed by atoms with E-state index >= 15 is 0 Å². The number of nitrogens with zero attached hydrogens (tertiary/aromatic N) is 2. The molecule has 0 bridgehead atoms. The molecule has 3 aliphatic rings. The molecule has 106 valence electrons. The maximum absolute atomic E-state index is 9.81. The summed E-state index contributed by atoms with van der Waals surface area (Å²) in [7, 11) is 0. The monoisotopic (exact) mass is 261 g/mol. The highest BCUT2D eigenvalue weighted by molar-refractivity contribution is 5.19. The van der Waals surface area contributed by atoms with Gasteiger partial charge in [-0.15, -0.1) is 0 Å². The molecular formula is C16H27N3. The Bertz CT molecular complexity index is 361. The Morgan fingerprint density at radius 3 is 2.32 bits per heavy atom. The highest BCUT2D eigenvalue weighted by Gasteiger charge is 2.50. The summed E-state index contributed by atoms with van der Waals surface area (Å²) in [4.78, 5) is 2.60. The first-order valence-electron chi connectivity index (χ1n) is 8.06. The van der Waals surface area contributed by atoms with Gasteiger partial charge < -0.3 is 0 Å². The molecule has 0 radical (unpaired) electrons. The van der Waals surface area contributed by atoms with Gasteiger partial charge in [0.1, 0.15) is 5.54 Å². The van der Waals surface area contributed by atoms with Gasteiger partial charge in [-0.2, -0.15) is 5.26 Å². The third kappa shape index (κ3) is 3.30. The van der Waals surface area contributed by atoms with E-state index in [4.69, 9.17) is 0 Å². The highest BCUT2D eigenvalue weighted by atomic mass is 15.2. The Morgan fingerprint density at radius 2 is 1.89 bits per heavy atom. The van der Waals surface area contributed by atoms with Crippen molar-refractivity contribution in [3.63, 3.8) is 0 Å². The van der Waals surface area contributed by atoms with Gasteiger partial charge >= 0.3 is 0 Å². The Hall–Kier alpha value is -0.590. The van der Waals surface area contributed by atoms with Gasteiger partial charge in [-0.3, -0.25) is 10.2 Å². The zero-order valence-corrected chi connectivity index (χ0v) is 12.4. The molecule has 0 heterocycles. The molecule has 0 aromatic rings. The van der Waals surface area contributed by atoms with Crippen LogP contribution in [-0.2, 0) is 0 Å². The van der Waals surface area contributed by atoms with Gasteiger partial charge in [0, 0.05) is 25.2 Å². The van der Waals surface area contributed by atoms with E-state index in [1.807, 2.05) is 0 Å². The van der Waals surface area contributed by atoms with Crippen molar-refractivity contribution in [1.82, 2.24) is 10.2 Å². The van der Waals surface area contributed by atoms with Gasteiger partial charge in [0.2, 0.25) is 0 Å². The van der Waals surface area contributed by atoms with Crippen LogP contribution in [0.2, 0.25) is 0 Å². The number of hydrogen-bond donors (Lipinski definition) is 1. The minimum Gasteiger partial charge on any atom is -0.297 e. The van der Waals surface area contributed by atoms with Crippen molar-refractivity contribution >= 4 is 0 Å². The molecule has 1 atom stereocenters. The summed E-state index contributed by atoms with van der Waals surface area (Å²) < 4.78 is 0. The molecule has 1 N–H and O–H groups in total. The van der Waals surface area contributed by atoms with E-state index in [-0.39, 0.29) is 5.54 Å². The number of nitriles is 1. The van der Waals surface area contributed by atoms with E-state index in [1.165, 1.54) is 38.5 Å². The number of hydrogen-bond acceptors (Lipinski definition) is 3. The Labute approximate surface area is 117 Å². The molecule has 3 heteroatoms. The zero-order valence-electron chi connectivity index (χ0n) is 12.4. The van der Waals surface area contributed by atoms with Gasteiger partial charge in [0.05, 0.1) is 6.07 Å². The first-order valence-corrected chi connectivity index (χ1v) is 8.06. The molecular weight excluding hydrogens is 234 g/mol. The van der Waals surface area contributed by atoms with Gasteiger partial charge in [0.15, 0.2) is 0 Å². The summed E-state index contributed by atoms with van der Waals surface area (Å²) in [5.41, 5.74) is -0.251. The van der Waals surface area contributed by atoms with Crippen molar-refractivity contribution in [3.8, 4) is 6.07 Å². The molecule has 0 aromatic heterocycles. The third-order valence-corrected chi connectivity index (χ3v) is 4.63. The first-order chi connectivity index (χ1) is 9.13. The van der Waals surface area contributed by atoms with Crippen molar-refractivity contribution in [3.05, 3.63) is 0 Å². The largest absolute Gasteiger partial charge is 0.297 e. The van der Waals surface area contributed by atoms with Crippen molar-refractivity contribution in [1.29, 1.82) is 5.26 Å². The van der Waals surface area contributed by atoms with Crippen LogP contribution >= 0.6 is 0 Å². The minimum atomic E-state index is -0.251. The van der Waals surface area contributed by atoms with E-state index in [9.17, 15) is 5.26 Å². The van der Waals surface area contributed by atoms with E-state index in [1.54, 1.807) is 0 Å². The van der Waals surface area contributed by atoms with E-state index in [0.29, 0.717) is 17.9 Å². The molecule has 3 rings (SSSR count). The van der Waals surface area contributed by atoms with Crippen LogP contribution in [0.25, 0.3) is 0 Å². The van der Waals surface area contributed by atoms with Crippen LogP contribution in [0.5, 0.6) is 0 Å². The fourth-order valence-electron chi connectivity index (χ4n) is 3.19. The predicted molar refractivity (Wildman–Crippen MR) is 76.7 cm³/mol. The van der Waals surface area contributed by atoms with Crippen LogP contribution in [-0.4, -0.2) is 35.6 Å². The summed E-state index contributed by atoms with van der Waals surface area (Å²) in [5.74, 6) is 1.30. The second-order valence-corrected chi connectivity index (χ2v) is 7.33. The van der Waals surface area contributed by atoms with Crippen LogP contribution in [0, 0.1) is 23.2 Å². The Kier molecular flexibility index (Phi) is 3.57. The standard InChI is InChI=1S/C16H27N3/c1-12(2)9-19(15-7-8-15)11-16(10-17,13-3-4-13)18-14-5-6-14/h12-15,18H,3-9,11H2,1-2H3. The number of rotatable bonds is 8. The quantitative estimate of drug-likeness (QED) is 0.730. The lowest BCUT2D eigenvalue weighted by Gasteiger charge is -2.35. The fourth-order valence-corrected chi connectivity index (χ4v) is 3.19. The molecule has 3 saturated carbocycles. The lowest BCUT2D eigenvalue weighted by Crippen LogP contribution is -2.56. The first kappa shape index (κ1) is 13.4. The minimum absolute atomic E-state index is 0.251. The summed E-state index contributed by atoms with van der Waals surface area (Å²) in [6.45, 7) is 6.67. The van der Waals surface area contributed by atoms with Crippen molar-refractivity contribution in [2.45, 2.75) is 70.0 Å². The van der Waals surface area contributed by atoms with E-state index < -0.39 is 0 Å². The van der Waals surface area contributed by atoms with Crippen molar-refractivity contribution in [2.24, 2.45) is 11.8 Å². The van der Waals surface area contributed by atoms with Gasteiger partial charge in [0.25, 0.3) is 0 Å². The van der Waals surface area contributed by atoms with Crippen molar-refractivity contribution < 1.29 is 0 Å². The highest BCUT2D eigenvalue weighted by Crippen LogP contribution is 2.43. The van der Waals surface area contributed by atoms with Crippen LogP contribution in [0.3, 0.4) is 0 Å². The maximum Gasteiger partial charge on any atom is 0.122 e. The summed E-state index contributed by atoms with van der Waals surface area (Å²) in [6, 6.07) is 4.07. The van der Waals surface area contributed by atoms with Crippen LogP contribution in [0.1, 0.15) is 52.4 Å². The normalized spacial score (nSPS) is 26.5. The molecule has 0 amide bonds. The predicted octanol–water partition coefficient (Wildman–Crippen LogP) is 2.53. The molecule has 3 nitrogen and oxygen atoms in total. The van der Waals surface area contributed by atoms with Crippen molar-refractivity contribution in [2.75, 3.05) is 13.1 Å². The summed E-state index contributed by atoms with van der Waals surface area (Å²) in [6.07, 6.45) is 7.69. The van der Waals surface area contributed by atoms with Gasteiger partial charge in [-0.05, 0) is 50.4 Å². The SMILES string of the molecule is CC(C)CN(CC(C#N)(NC1CC1)C1CC1)C1CC1. The van der Waals surface area contributed by atoms with Crippen LogP contribution in [0.15, 0.2) is 0 Å². The fraction of sp³-hybridized carbons (Fsp3) is 0.938. The molecule has 3 fully saturated rings. The Balaban J connectivity index is 1.69. The molecule has 0 aromatic carbocycles. The Morgan fingerprint density at radius 1 is 1.21 bits per heavy atom. The molecule has 0 aliphatic heterocycles.